The highest BCUT2D eigenvalue weighted by Gasteiger charge is 2.27. The summed E-state index contributed by atoms with van der Waals surface area (Å²) in [6.45, 7) is 1.87. The first-order valence-electron chi connectivity index (χ1n) is 11.4. The van der Waals surface area contributed by atoms with Crippen molar-refractivity contribution in [2.45, 2.75) is 37.5 Å². The molecule has 1 heterocycles. The van der Waals surface area contributed by atoms with E-state index in [1.165, 1.54) is 24.4 Å². The monoisotopic (exact) mass is 505 g/mol. The first-order chi connectivity index (χ1) is 17.2. The molecule has 1 aromatic heterocycles. The van der Waals surface area contributed by atoms with Crippen LogP contribution in [0.4, 0.5) is 17.1 Å². The molecule has 4 aromatic rings. The molecule has 10 heteroatoms. The summed E-state index contributed by atoms with van der Waals surface area (Å²) in [4.78, 5) is 15.5. The minimum atomic E-state index is -3.88. The standard InChI is InChI=1S/C26H23N3O6S/c1-16-10-12-17(13-11-16)36(33,34)28-21-8-4-3-7-20(21)27-15-19-25-18-6-2-5-9-23(18)35-24(25)14-22(26(19)30)29(31)32/h3-4,7-8,10-15,28,30H,2,5-6,9H2,1H3. The van der Waals surface area contributed by atoms with Gasteiger partial charge in [0.2, 0.25) is 5.75 Å². The topological polar surface area (TPSA) is 135 Å². The molecule has 3 aromatic carbocycles. The molecule has 0 saturated carbocycles. The third-order valence-electron chi connectivity index (χ3n) is 6.24. The van der Waals surface area contributed by atoms with Gasteiger partial charge in [0.25, 0.3) is 10.0 Å². The van der Waals surface area contributed by atoms with Crippen molar-refractivity contribution in [3.63, 3.8) is 0 Å². The first-order valence-corrected chi connectivity index (χ1v) is 12.9. The van der Waals surface area contributed by atoms with Crippen LogP contribution in [-0.4, -0.2) is 24.7 Å². The summed E-state index contributed by atoms with van der Waals surface area (Å²) < 4.78 is 34.3. The van der Waals surface area contributed by atoms with Crippen LogP contribution in [0.1, 0.15) is 35.3 Å². The Hall–Kier alpha value is -4.18. The minimum absolute atomic E-state index is 0.106. The average Bonchev–Trinajstić information content (AvgIpc) is 3.22. The number of aryl methyl sites for hydroxylation is 3. The maximum atomic E-state index is 12.9. The van der Waals surface area contributed by atoms with Gasteiger partial charge in [0.05, 0.1) is 32.8 Å². The molecule has 36 heavy (non-hydrogen) atoms. The van der Waals surface area contributed by atoms with Gasteiger partial charge in [-0.3, -0.25) is 19.8 Å². The lowest BCUT2D eigenvalue weighted by molar-refractivity contribution is -0.385. The van der Waals surface area contributed by atoms with Crippen LogP contribution < -0.4 is 4.72 Å². The predicted octanol–water partition coefficient (Wildman–Crippen LogP) is 5.79. The van der Waals surface area contributed by atoms with Crippen molar-refractivity contribution in [1.82, 2.24) is 0 Å². The lowest BCUT2D eigenvalue weighted by Gasteiger charge is -2.11. The number of nitrogens with zero attached hydrogens (tertiary/aromatic N) is 2. The Morgan fingerprint density at radius 1 is 1.11 bits per heavy atom. The Bertz CT molecular complexity index is 1620. The van der Waals surface area contributed by atoms with Crippen molar-refractivity contribution in [3.8, 4) is 5.75 Å². The molecule has 0 aliphatic heterocycles. The highest BCUT2D eigenvalue weighted by Crippen LogP contribution is 2.42. The summed E-state index contributed by atoms with van der Waals surface area (Å²) in [6.07, 6.45) is 4.68. The number of nitro benzene ring substituents is 1. The van der Waals surface area contributed by atoms with Crippen LogP contribution in [0.5, 0.6) is 5.75 Å². The zero-order chi connectivity index (χ0) is 25.4. The van der Waals surface area contributed by atoms with Gasteiger partial charge in [0.15, 0.2) is 0 Å². The van der Waals surface area contributed by atoms with Gasteiger partial charge in [-0.2, -0.15) is 0 Å². The summed E-state index contributed by atoms with van der Waals surface area (Å²) in [6, 6.07) is 14.2. The number of furan rings is 1. The number of nitro groups is 1. The maximum Gasteiger partial charge on any atom is 0.315 e. The summed E-state index contributed by atoms with van der Waals surface area (Å²) in [5, 5.41) is 23.0. The van der Waals surface area contributed by atoms with Gasteiger partial charge in [0.1, 0.15) is 11.3 Å². The number of para-hydroxylation sites is 2. The molecule has 0 bridgehead atoms. The normalized spacial score (nSPS) is 13.7. The molecule has 5 rings (SSSR count). The highest BCUT2D eigenvalue weighted by molar-refractivity contribution is 7.92. The van der Waals surface area contributed by atoms with Crippen molar-refractivity contribution >= 4 is 44.3 Å². The van der Waals surface area contributed by atoms with Gasteiger partial charge in [0, 0.05) is 23.6 Å². The van der Waals surface area contributed by atoms with E-state index in [0.717, 1.165) is 42.6 Å². The first kappa shape index (κ1) is 23.6. The number of anilines is 1. The van der Waals surface area contributed by atoms with Gasteiger partial charge in [-0.25, -0.2) is 8.42 Å². The van der Waals surface area contributed by atoms with E-state index in [2.05, 4.69) is 9.71 Å². The molecule has 1 aliphatic rings. The fourth-order valence-electron chi connectivity index (χ4n) is 4.43. The molecule has 0 atom stereocenters. The summed E-state index contributed by atoms with van der Waals surface area (Å²) in [7, 11) is -3.88. The van der Waals surface area contributed by atoms with Crippen LogP contribution in [0.25, 0.3) is 11.0 Å². The second-order valence-corrected chi connectivity index (χ2v) is 10.4. The van der Waals surface area contributed by atoms with Crippen LogP contribution >= 0.6 is 0 Å². The lowest BCUT2D eigenvalue weighted by atomic mass is 9.93. The fourth-order valence-corrected chi connectivity index (χ4v) is 5.50. The molecule has 9 nitrogen and oxygen atoms in total. The Morgan fingerprint density at radius 2 is 1.83 bits per heavy atom. The van der Waals surface area contributed by atoms with Crippen LogP contribution in [0, 0.1) is 17.0 Å². The van der Waals surface area contributed by atoms with Gasteiger partial charge >= 0.3 is 5.69 Å². The molecule has 0 fully saturated rings. The van der Waals surface area contributed by atoms with E-state index in [1.807, 2.05) is 6.92 Å². The average molecular weight is 506 g/mol. The zero-order valence-corrected chi connectivity index (χ0v) is 20.2. The van der Waals surface area contributed by atoms with Gasteiger partial charge in [-0.05, 0) is 50.5 Å². The molecule has 0 unspecified atom stereocenters. The zero-order valence-electron chi connectivity index (χ0n) is 19.4. The molecule has 0 spiro atoms. The third kappa shape index (κ3) is 4.31. The third-order valence-corrected chi connectivity index (χ3v) is 7.62. The number of phenolic OH excluding ortho intramolecular Hbond substituents is 1. The molecular formula is C26H23N3O6S. The molecule has 184 valence electrons. The van der Waals surface area contributed by atoms with E-state index in [4.69, 9.17) is 4.42 Å². The fraction of sp³-hybridized carbons (Fsp3) is 0.192. The number of benzene rings is 3. The van der Waals surface area contributed by atoms with Crippen LogP contribution in [-0.2, 0) is 22.9 Å². The second kappa shape index (κ2) is 9.12. The Kier molecular flexibility index (Phi) is 5.97. The van der Waals surface area contributed by atoms with Crippen molar-refractivity contribution in [3.05, 3.63) is 87.2 Å². The van der Waals surface area contributed by atoms with Crippen molar-refractivity contribution < 1.29 is 22.9 Å². The van der Waals surface area contributed by atoms with Crippen LogP contribution in [0.3, 0.4) is 0 Å². The largest absolute Gasteiger partial charge is 0.502 e. The Labute approximate surface area is 207 Å². The molecule has 2 N–H and O–H groups in total. The summed E-state index contributed by atoms with van der Waals surface area (Å²) in [5.74, 6) is 0.250. The van der Waals surface area contributed by atoms with E-state index in [1.54, 1.807) is 36.4 Å². The van der Waals surface area contributed by atoms with Crippen molar-refractivity contribution in [2.24, 2.45) is 4.99 Å². The number of sulfonamides is 1. The number of rotatable bonds is 6. The Balaban J connectivity index is 1.58. The smallest absolute Gasteiger partial charge is 0.315 e. The number of aliphatic imine (C=N–C) groups is 1. The van der Waals surface area contributed by atoms with Gasteiger partial charge in [-0.1, -0.05) is 29.8 Å². The highest BCUT2D eigenvalue weighted by atomic mass is 32.2. The number of nitrogens with one attached hydrogen (secondary N) is 1. The molecule has 1 aliphatic carbocycles. The number of hydrogen-bond donors (Lipinski definition) is 2. The van der Waals surface area contributed by atoms with E-state index >= 15 is 0 Å². The summed E-state index contributed by atoms with van der Waals surface area (Å²) in [5.41, 5.74) is 2.36. The Morgan fingerprint density at radius 3 is 2.58 bits per heavy atom. The number of hydrogen-bond acceptors (Lipinski definition) is 7. The lowest BCUT2D eigenvalue weighted by Crippen LogP contribution is -2.13. The molecule has 0 amide bonds. The maximum absolute atomic E-state index is 12.9. The predicted molar refractivity (Wildman–Crippen MR) is 137 cm³/mol. The number of aromatic hydroxyl groups is 1. The van der Waals surface area contributed by atoms with E-state index in [0.29, 0.717) is 11.0 Å². The summed E-state index contributed by atoms with van der Waals surface area (Å²) >= 11 is 0. The minimum Gasteiger partial charge on any atom is -0.502 e. The molecule has 0 radical (unpaired) electrons. The molecule has 0 saturated heterocycles. The quantitative estimate of drug-likeness (QED) is 0.194. The van der Waals surface area contributed by atoms with Gasteiger partial charge in [-0.15, -0.1) is 0 Å². The second-order valence-electron chi connectivity index (χ2n) is 8.69. The van der Waals surface area contributed by atoms with Crippen LogP contribution in [0.15, 0.2) is 68.9 Å². The number of phenols is 1. The van der Waals surface area contributed by atoms with E-state index in [9.17, 15) is 23.6 Å². The van der Waals surface area contributed by atoms with Crippen molar-refractivity contribution in [1.29, 1.82) is 0 Å². The van der Waals surface area contributed by atoms with E-state index < -0.39 is 26.4 Å². The van der Waals surface area contributed by atoms with E-state index in [-0.39, 0.29) is 21.8 Å². The van der Waals surface area contributed by atoms with Gasteiger partial charge < -0.3 is 9.52 Å². The number of fused-ring (bicyclic) bond motifs is 3. The van der Waals surface area contributed by atoms with Crippen LogP contribution in [0.2, 0.25) is 0 Å². The molecular weight excluding hydrogens is 482 g/mol. The van der Waals surface area contributed by atoms with Crippen molar-refractivity contribution in [2.75, 3.05) is 4.72 Å². The SMILES string of the molecule is Cc1ccc(S(=O)(=O)Nc2ccccc2N=Cc2c(O)c([N+](=O)[O-])cc3oc4c(c23)CCCC4)cc1.